The average Bonchev–Trinajstić information content (AvgIpc) is 2.25. The van der Waals surface area contributed by atoms with Gasteiger partial charge in [-0.2, -0.15) is 13.2 Å². The molecule has 0 aliphatic heterocycles. The molecule has 1 rings (SSSR count). The molecule has 0 aliphatic rings. The first-order valence-electron chi connectivity index (χ1n) is 5.29. The number of carbonyl (C=O) groups excluding carboxylic acids is 1. The van der Waals surface area contributed by atoms with Gasteiger partial charge in [0.05, 0.1) is 5.56 Å². The topological polar surface area (TPSA) is 17.1 Å². The molecule has 1 nitrogen and oxygen atoms in total. The Hall–Kier alpha value is -1.65. The van der Waals surface area contributed by atoms with E-state index in [9.17, 15) is 22.4 Å². The van der Waals surface area contributed by atoms with E-state index in [4.69, 9.17) is 0 Å². The highest BCUT2D eigenvalue weighted by molar-refractivity contribution is 5.82. The van der Waals surface area contributed by atoms with Gasteiger partial charge in [-0.15, -0.1) is 0 Å². The van der Waals surface area contributed by atoms with E-state index >= 15 is 0 Å². The van der Waals surface area contributed by atoms with Crippen LogP contribution in [0.2, 0.25) is 0 Å². The summed E-state index contributed by atoms with van der Waals surface area (Å²) in [5.41, 5.74) is -1.06. The van der Waals surface area contributed by atoms with E-state index in [1.165, 1.54) is 0 Å². The van der Waals surface area contributed by atoms with Crippen LogP contribution in [0.3, 0.4) is 0 Å². The predicted octanol–water partition coefficient (Wildman–Crippen LogP) is 4.08. The minimum Gasteiger partial charge on any atom is -0.298 e. The summed E-state index contributed by atoms with van der Waals surface area (Å²) in [5.74, 6) is -1.16. The standard InChI is InChI=1S/C13H12F4O/c1-8(2)10(7-18)5-9-3-4-11(14)6-12(9)13(15,16)17/h3-8H,1-2H3/b10-5+. The van der Waals surface area contributed by atoms with Gasteiger partial charge < -0.3 is 0 Å². The van der Waals surface area contributed by atoms with E-state index in [1.54, 1.807) is 13.8 Å². The number of rotatable bonds is 3. The molecular weight excluding hydrogens is 248 g/mol. The maximum absolute atomic E-state index is 12.9. The van der Waals surface area contributed by atoms with Gasteiger partial charge in [0.2, 0.25) is 0 Å². The van der Waals surface area contributed by atoms with Crippen LogP contribution in [-0.4, -0.2) is 6.29 Å². The van der Waals surface area contributed by atoms with E-state index in [0.29, 0.717) is 12.4 Å². The van der Waals surface area contributed by atoms with Crippen molar-refractivity contribution in [3.8, 4) is 0 Å². The van der Waals surface area contributed by atoms with Crippen LogP contribution in [0.15, 0.2) is 23.8 Å². The molecule has 0 N–H and O–H groups in total. The van der Waals surface area contributed by atoms with Gasteiger partial charge in [-0.3, -0.25) is 4.79 Å². The zero-order valence-electron chi connectivity index (χ0n) is 9.88. The fraction of sp³-hybridized carbons (Fsp3) is 0.308. The minimum absolute atomic E-state index is 0.200. The van der Waals surface area contributed by atoms with Crippen molar-refractivity contribution >= 4 is 12.4 Å². The first-order valence-corrected chi connectivity index (χ1v) is 5.29. The summed E-state index contributed by atoms with van der Waals surface area (Å²) in [5, 5.41) is 0. The summed E-state index contributed by atoms with van der Waals surface area (Å²) in [6, 6.07) is 2.38. The Labute approximate surface area is 102 Å². The van der Waals surface area contributed by atoms with Crippen molar-refractivity contribution in [3.63, 3.8) is 0 Å². The number of benzene rings is 1. The van der Waals surface area contributed by atoms with Gasteiger partial charge in [-0.25, -0.2) is 4.39 Å². The van der Waals surface area contributed by atoms with Crippen molar-refractivity contribution in [1.29, 1.82) is 0 Å². The Kier molecular flexibility index (Phi) is 4.27. The molecule has 0 saturated heterocycles. The molecule has 0 spiro atoms. The number of hydrogen-bond acceptors (Lipinski definition) is 1. The Balaban J connectivity index is 3.37. The summed E-state index contributed by atoms with van der Waals surface area (Å²) >= 11 is 0. The van der Waals surface area contributed by atoms with Gasteiger partial charge in [0.1, 0.15) is 12.1 Å². The lowest BCUT2D eigenvalue weighted by atomic mass is 9.98. The maximum atomic E-state index is 12.9. The third kappa shape index (κ3) is 3.42. The van der Waals surface area contributed by atoms with Crippen molar-refractivity contribution in [2.24, 2.45) is 5.92 Å². The lowest BCUT2D eigenvalue weighted by molar-refractivity contribution is -0.137. The molecule has 1 aromatic rings. The largest absolute Gasteiger partial charge is 0.417 e. The van der Waals surface area contributed by atoms with Crippen molar-refractivity contribution in [1.82, 2.24) is 0 Å². The molecule has 98 valence electrons. The first-order chi connectivity index (χ1) is 8.25. The monoisotopic (exact) mass is 260 g/mol. The zero-order chi connectivity index (χ0) is 13.9. The van der Waals surface area contributed by atoms with Gasteiger partial charge in [-0.1, -0.05) is 19.9 Å². The fourth-order valence-electron chi connectivity index (χ4n) is 1.42. The van der Waals surface area contributed by atoms with E-state index in [2.05, 4.69) is 0 Å². The molecule has 18 heavy (non-hydrogen) atoms. The van der Waals surface area contributed by atoms with E-state index in [-0.39, 0.29) is 17.1 Å². The molecule has 0 saturated carbocycles. The number of halogens is 4. The Morgan fingerprint density at radius 3 is 2.33 bits per heavy atom. The smallest absolute Gasteiger partial charge is 0.298 e. The molecule has 0 heterocycles. The van der Waals surface area contributed by atoms with Crippen LogP contribution in [-0.2, 0) is 11.0 Å². The molecule has 0 aliphatic carbocycles. The van der Waals surface area contributed by atoms with E-state index in [1.807, 2.05) is 0 Å². The lowest BCUT2D eigenvalue weighted by Crippen LogP contribution is -2.08. The van der Waals surface area contributed by atoms with Gasteiger partial charge in [0.15, 0.2) is 0 Å². The lowest BCUT2D eigenvalue weighted by Gasteiger charge is -2.12. The molecule has 0 atom stereocenters. The highest BCUT2D eigenvalue weighted by Gasteiger charge is 2.33. The molecule has 5 heteroatoms. The molecule has 1 aromatic carbocycles. The fourth-order valence-corrected chi connectivity index (χ4v) is 1.42. The number of hydrogen-bond donors (Lipinski definition) is 0. The summed E-state index contributed by atoms with van der Waals surface area (Å²) in [4.78, 5) is 10.8. The third-order valence-corrected chi connectivity index (χ3v) is 2.45. The van der Waals surface area contributed by atoms with Crippen LogP contribution >= 0.6 is 0 Å². The summed E-state index contributed by atoms with van der Waals surface area (Å²) in [6.45, 7) is 3.38. The van der Waals surface area contributed by atoms with E-state index in [0.717, 1.165) is 18.2 Å². The van der Waals surface area contributed by atoms with Crippen LogP contribution in [0.5, 0.6) is 0 Å². The van der Waals surface area contributed by atoms with Crippen LogP contribution in [0.25, 0.3) is 6.08 Å². The SMILES string of the molecule is CC(C)/C(C=O)=C/c1ccc(F)cc1C(F)(F)F. The van der Waals surface area contributed by atoms with Crippen molar-refractivity contribution in [2.45, 2.75) is 20.0 Å². The van der Waals surface area contributed by atoms with Crippen molar-refractivity contribution < 1.29 is 22.4 Å². The number of aldehydes is 1. The number of carbonyl (C=O) groups is 1. The van der Waals surface area contributed by atoms with Crippen molar-refractivity contribution in [3.05, 3.63) is 40.7 Å². The molecule has 0 radical (unpaired) electrons. The Morgan fingerprint density at radius 2 is 1.89 bits per heavy atom. The van der Waals surface area contributed by atoms with Crippen LogP contribution in [0.4, 0.5) is 17.6 Å². The first kappa shape index (κ1) is 14.4. The molecular formula is C13H12F4O. The van der Waals surface area contributed by atoms with Crippen molar-refractivity contribution in [2.75, 3.05) is 0 Å². The molecule has 0 bridgehead atoms. The second-order valence-corrected chi connectivity index (χ2v) is 4.15. The third-order valence-electron chi connectivity index (χ3n) is 2.45. The normalized spacial score (nSPS) is 12.9. The molecule has 0 unspecified atom stereocenters. The molecule has 0 fully saturated rings. The molecule has 0 amide bonds. The van der Waals surface area contributed by atoms with Crippen LogP contribution < -0.4 is 0 Å². The summed E-state index contributed by atoms with van der Waals surface area (Å²) < 4.78 is 51.0. The Bertz CT molecular complexity index is 472. The van der Waals surface area contributed by atoms with E-state index < -0.39 is 17.6 Å². The molecule has 0 aromatic heterocycles. The highest BCUT2D eigenvalue weighted by Crippen LogP contribution is 2.33. The van der Waals surface area contributed by atoms with Crippen LogP contribution in [0.1, 0.15) is 25.0 Å². The van der Waals surface area contributed by atoms with Crippen LogP contribution in [0, 0.1) is 11.7 Å². The maximum Gasteiger partial charge on any atom is 0.417 e. The van der Waals surface area contributed by atoms with Gasteiger partial charge >= 0.3 is 6.18 Å². The predicted molar refractivity (Wildman–Crippen MR) is 60.3 cm³/mol. The number of alkyl halides is 3. The van der Waals surface area contributed by atoms with Gasteiger partial charge in [0, 0.05) is 0 Å². The Morgan fingerprint density at radius 1 is 1.28 bits per heavy atom. The van der Waals surface area contributed by atoms with Gasteiger partial charge in [0.25, 0.3) is 0 Å². The zero-order valence-corrected chi connectivity index (χ0v) is 9.88. The highest BCUT2D eigenvalue weighted by atomic mass is 19.4. The van der Waals surface area contributed by atoms with Gasteiger partial charge in [-0.05, 0) is 35.3 Å². The summed E-state index contributed by atoms with van der Waals surface area (Å²) in [6.07, 6.45) is -3.01. The average molecular weight is 260 g/mol. The minimum atomic E-state index is -4.65. The second-order valence-electron chi connectivity index (χ2n) is 4.15. The number of allylic oxidation sites excluding steroid dienone is 1. The second kappa shape index (κ2) is 5.33. The summed E-state index contributed by atoms with van der Waals surface area (Å²) in [7, 11) is 0. The quantitative estimate of drug-likeness (QED) is 0.454.